The number of morpholine rings is 1. The average molecular weight is 423 g/mol. The van der Waals surface area contributed by atoms with Crippen molar-refractivity contribution >= 4 is 29.0 Å². The summed E-state index contributed by atoms with van der Waals surface area (Å²) in [7, 11) is 0. The first-order valence-electron chi connectivity index (χ1n) is 8.60. The highest BCUT2D eigenvalue weighted by Gasteiger charge is 2.37. The summed E-state index contributed by atoms with van der Waals surface area (Å²) in [4.78, 5) is 27.8. The van der Waals surface area contributed by atoms with Gasteiger partial charge in [0.25, 0.3) is 5.69 Å². The predicted molar refractivity (Wildman–Crippen MR) is 94.7 cm³/mol. The first kappa shape index (κ1) is 20.5. The van der Waals surface area contributed by atoms with E-state index in [2.05, 4.69) is 0 Å². The molecule has 0 aliphatic carbocycles. The third kappa shape index (κ3) is 4.25. The van der Waals surface area contributed by atoms with E-state index in [1.54, 1.807) is 14.7 Å². The van der Waals surface area contributed by atoms with Crippen LogP contribution in [0.3, 0.4) is 0 Å². The van der Waals surface area contributed by atoms with Gasteiger partial charge in [-0.25, -0.2) is 4.79 Å². The molecule has 2 amide bonds. The van der Waals surface area contributed by atoms with Crippen molar-refractivity contribution < 1.29 is 27.6 Å². The van der Waals surface area contributed by atoms with Crippen LogP contribution < -0.4 is 4.90 Å². The second-order valence-corrected chi connectivity index (χ2v) is 6.84. The van der Waals surface area contributed by atoms with Crippen molar-refractivity contribution in [2.45, 2.75) is 6.18 Å². The quantitative estimate of drug-likeness (QED) is 0.541. The molecule has 0 radical (unpaired) electrons. The van der Waals surface area contributed by atoms with Crippen molar-refractivity contribution in [2.24, 2.45) is 0 Å². The molecule has 1 aromatic rings. The Morgan fingerprint density at radius 2 is 1.64 bits per heavy atom. The van der Waals surface area contributed by atoms with Crippen LogP contribution in [0.1, 0.15) is 5.56 Å². The summed E-state index contributed by atoms with van der Waals surface area (Å²) in [6.45, 7) is 3.04. The van der Waals surface area contributed by atoms with Crippen molar-refractivity contribution in [3.05, 3.63) is 32.8 Å². The molecule has 2 heterocycles. The van der Waals surface area contributed by atoms with Crippen LogP contribution in [0.2, 0.25) is 5.02 Å². The van der Waals surface area contributed by atoms with Crippen molar-refractivity contribution in [3.63, 3.8) is 0 Å². The lowest BCUT2D eigenvalue weighted by molar-refractivity contribution is -0.384. The van der Waals surface area contributed by atoms with Gasteiger partial charge >= 0.3 is 12.2 Å². The van der Waals surface area contributed by atoms with Gasteiger partial charge in [0.1, 0.15) is 5.69 Å². The number of nitro groups is 1. The number of urea groups is 1. The number of carbonyl (C=O) groups excluding carboxylic acids is 1. The monoisotopic (exact) mass is 422 g/mol. The largest absolute Gasteiger partial charge is 0.418 e. The molecule has 3 rings (SSSR count). The van der Waals surface area contributed by atoms with Gasteiger partial charge in [0, 0.05) is 45.3 Å². The van der Waals surface area contributed by atoms with Crippen LogP contribution in [0.5, 0.6) is 0 Å². The fourth-order valence-corrected chi connectivity index (χ4v) is 3.53. The Hall–Kier alpha value is -2.27. The number of carbonyl (C=O) groups is 1. The molecular formula is C16H18ClF3N4O4. The zero-order valence-corrected chi connectivity index (χ0v) is 15.5. The summed E-state index contributed by atoms with van der Waals surface area (Å²) < 4.78 is 44.2. The third-order valence-electron chi connectivity index (χ3n) is 4.74. The molecule has 0 N–H and O–H groups in total. The molecule has 2 saturated heterocycles. The fraction of sp³-hybridized carbons (Fsp3) is 0.562. The van der Waals surface area contributed by atoms with Gasteiger partial charge in [0.05, 0.1) is 28.7 Å². The number of nitro benzene ring substituents is 1. The highest BCUT2D eigenvalue weighted by atomic mass is 35.5. The maximum Gasteiger partial charge on any atom is 0.418 e. The Balaban J connectivity index is 1.75. The Morgan fingerprint density at radius 1 is 1.07 bits per heavy atom. The van der Waals surface area contributed by atoms with Crippen LogP contribution in [0.4, 0.5) is 29.3 Å². The first-order chi connectivity index (χ1) is 13.2. The summed E-state index contributed by atoms with van der Waals surface area (Å²) in [6, 6.07) is 1.30. The van der Waals surface area contributed by atoms with E-state index in [0.717, 1.165) is 6.07 Å². The number of hydrogen-bond donors (Lipinski definition) is 0. The molecule has 154 valence electrons. The molecule has 28 heavy (non-hydrogen) atoms. The van der Waals surface area contributed by atoms with Crippen LogP contribution in [0.25, 0.3) is 0 Å². The highest BCUT2D eigenvalue weighted by Crippen LogP contribution is 2.41. The Morgan fingerprint density at radius 3 is 2.18 bits per heavy atom. The van der Waals surface area contributed by atoms with E-state index in [9.17, 15) is 28.1 Å². The van der Waals surface area contributed by atoms with Crippen molar-refractivity contribution in [1.82, 2.24) is 9.80 Å². The Bertz CT molecular complexity index is 763. The number of halogens is 4. The molecule has 1 aromatic carbocycles. The van der Waals surface area contributed by atoms with Crippen LogP contribution in [0.15, 0.2) is 12.1 Å². The van der Waals surface area contributed by atoms with Gasteiger partial charge in [0.2, 0.25) is 0 Å². The molecule has 0 atom stereocenters. The van der Waals surface area contributed by atoms with Crippen molar-refractivity contribution in [3.8, 4) is 0 Å². The van der Waals surface area contributed by atoms with Gasteiger partial charge in [-0.3, -0.25) is 10.1 Å². The Kier molecular flexibility index (Phi) is 5.84. The molecule has 0 aromatic heterocycles. The number of benzene rings is 1. The summed E-state index contributed by atoms with van der Waals surface area (Å²) in [5.74, 6) is 0. The smallest absolute Gasteiger partial charge is 0.378 e. The van der Waals surface area contributed by atoms with E-state index >= 15 is 0 Å². The second-order valence-electron chi connectivity index (χ2n) is 6.43. The van der Waals surface area contributed by atoms with Gasteiger partial charge in [-0.1, -0.05) is 11.6 Å². The number of amides is 2. The van der Waals surface area contributed by atoms with Gasteiger partial charge < -0.3 is 19.4 Å². The lowest BCUT2D eigenvalue weighted by atomic mass is 10.1. The van der Waals surface area contributed by atoms with Crippen molar-refractivity contribution in [1.29, 1.82) is 0 Å². The first-order valence-corrected chi connectivity index (χ1v) is 8.98. The molecule has 0 saturated carbocycles. The summed E-state index contributed by atoms with van der Waals surface area (Å²) >= 11 is 5.74. The normalized spacial score (nSPS) is 18.4. The van der Waals surface area contributed by atoms with E-state index < -0.39 is 27.4 Å². The highest BCUT2D eigenvalue weighted by molar-refractivity contribution is 6.31. The molecule has 0 spiro atoms. The van der Waals surface area contributed by atoms with Gasteiger partial charge in [0.15, 0.2) is 0 Å². The molecular weight excluding hydrogens is 405 g/mol. The number of rotatable bonds is 2. The van der Waals surface area contributed by atoms with Crippen LogP contribution in [0, 0.1) is 10.1 Å². The van der Waals surface area contributed by atoms with Gasteiger partial charge in [-0.15, -0.1) is 0 Å². The topological polar surface area (TPSA) is 79.2 Å². The average Bonchev–Trinajstić information content (AvgIpc) is 2.67. The standard InChI is InChI=1S/C16H18ClF3N4O4/c17-12-10-13(14(24(26)27)9-11(12)16(18,19)20)21-1-3-22(4-2-21)15(25)23-5-7-28-8-6-23/h9-10H,1-8H2. The van der Waals surface area contributed by atoms with Crippen LogP contribution >= 0.6 is 11.6 Å². The van der Waals surface area contributed by atoms with E-state index in [4.69, 9.17) is 16.3 Å². The molecule has 2 fully saturated rings. The third-order valence-corrected chi connectivity index (χ3v) is 5.05. The summed E-state index contributed by atoms with van der Waals surface area (Å²) in [6.07, 6.45) is -4.79. The fourth-order valence-electron chi connectivity index (χ4n) is 3.26. The van der Waals surface area contributed by atoms with Gasteiger partial charge in [-0.2, -0.15) is 13.2 Å². The van der Waals surface area contributed by atoms with Gasteiger partial charge in [-0.05, 0) is 6.07 Å². The van der Waals surface area contributed by atoms with Crippen LogP contribution in [-0.4, -0.2) is 73.2 Å². The molecule has 0 bridgehead atoms. The lowest BCUT2D eigenvalue weighted by Gasteiger charge is -2.39. The van der Waals surface area contributed by atoms with Crippen molar-refractivity contribution in [2.75, 3.05) is 57.4 Å². The minimum Gasteiger partial charge on any atom is -0.378 e. The van der Waals surface area contributed by atoms with E-state index in [0.29, 0.717) is 45.5 Å². The van der Waals surface area contributed by atoms with Crippen LogP contribution in [-0.2, 0) is 10.9 Å². The van der Waals surface area contributed by atoms with E-state index in [1.165, 1.54) is 0 Å². The van der Waals surface area contributed by atoms with E-state index in [-0.39, 0.29) is 24.8 Å². The zero-order valence-electron chi connectivity index (χ0n) is 14.7. The predicted octanol–water partition coefficient (Wildman–Crippen LogP) is 2.84. The minimum absolute atomic E-state index is 0.0153. The number of piperazine rings is 1. The maximum absolute atomic E-state index is 13.0. The molecule has 2 aliphatic heterocycles. The maximum atomic E-state index is 13.0. The number of alkyl halides is 3. The van der Waals surface area contributed by atoms with E-state index in [1.807, 2.05) is 0 Å². The summed E-state index contributed by atoms with van der Waals surface area (Å²) in [5, 5.41) is 10.7. The number of nitrogens with zero attached hydrogens (tertiary/aromatic N) is 4. The number of anilines is 1. The second kappa shape index (κ2) is 8.00. The zero-order chi connectivity index (χ0) is 20.5. The minimum atomic E-state index is -4.79. The molecule has 12 heteroatoms. The SMILES string of the molecule is O=C(N1CCOCC1)N1CCN(c2cc(Cl)c(C(F)(F)F)cc2[N+](=O)[O-])CC1. The number of ether oxygens (including phenoxy) is 1. The summed E-state index contributed by atoms with van der Waals surface area (Å²) in [5.41, 5.74) is -1.89. The number of hydrogen-bond acceptors (Lipinski definition) is 5. The molecule has 2 aliphatic rings. The molecule has 0 unspecified atom stereocenters. The molecule has 8 nitrogen and oxygen atoms in total. The lowest BCUT2D eigenvalue weighted by Crippen LogP contribution is -2.54. The Labute approximate surface area is 163 Å².